The molecular weight excluding hydrogens is 293 g/mol. The fourth-order valence-electron chi connectivity index (χ4n) is 1.55. The Balaban J connectivity index is 2.56. The first-order valence-corrected chi connectivity index (χ1v) is 7.06. The first kappa shape index (κ1) is 14.3. The van der Waals surface area contributed by atoms with E-state index in [1.165, 1.54) is 0 Å². The minimum atomic E-state index is -4.52. The van der Waals surface area contributed by atoms with Gasteiger partial charge in [-0.1, -0.05) is 0 Å². The normalized spacial score (nSPS) is 14.9. The molecule has 1 aliphatic rings. The molecule has 0 aliphatic heterocycles. The number of nitrogens with two attached hydrogens (primary N) is 1. The van der Waals surface area contributed by atoms with Gasteiger partial charge in [-0.2, -0.15) is 0 Å². The number of rotatable bonds is 4. The van der Waals surface area contributed by atoms with Crippen LogP contribution in [0.5, 0.6) is 0 Å². The zero-order valence-electron chi connectivity index (χ0n) is 10.00. The van der Waals surface area contributed by atoms with Crippen molar-refractivity contribution in [1.29, 1.82) is 0 Å². The fraction of sp³-hybridized carbons (Fsp3) is 0.300. The van der Waals surface area contributed by atoms with E-state index in [0.717, 1.165) is 12.8 Å². The second-order valence-corrected chi connectivity index (χ2v) is 5.89. The van der Waals surface area contributed by atoms with E-state index < -0.39 is 42.8 Å². The predicted octanol–water partition coefficient (Wildman–Crippen LogP) is 0.274. The number of hydrogen-bond donors (Lipinski definition) is 2. The van der Waals surface area contributed by atoms with E-state index in [2.05, 4.69) is 5.32 Å². The molecule has 0 aromatic heterocycles. The summed E-state index contributed by atoms with van der Waals surface area (Å²) >= 11 is 0. The highest BCUT2D eigenvalue weighted by molar-refractivity contribution is 7.89. The summed E-state index contributed by atoms with van der Waals surface area (Å²) in [5, 5.41) is 17.9. The molecule has 1 amide bonds. The number of amides is 1. The largest absolute Gasteiger partial charge is 0.349 e. The molecule has 0 bridgehead atoms. The second kappa shape index (κ2) is 4.80. The van der Waals surface area contributed by atoms with Gasteiger partial charge < -0.3 is 5.32 Å². The summed E-state index contributed by atoms with van der Waals surface area (Å²) in [5.41, 5.74) is -1.44. The molecule has 1 aliphatic carbocycles. The molecule has 3 N–H and O–H groups in total. The summed E-state index contributed by atoms with van der Waals surface area (Å²) in [6.07, 6.45) is 1.45. The van der Waals surface area contributed by atoms with Crippen molar-refractivity contribution >= 4 is 21.6 Å². The van der Waals surface area contributed by atoms with Crippen molar-refractivity contribution < 1.29 is 22.5 Å². The molecule has 108 valence electrons. The number of nitrogens with one attached hydrogen (secondary N) is 1. The van der Waals surface area contributed by atoms with Crippen LogP contribution in [0.4, 0.5) is 10.1 Å². The van der Waals surface area contributed by atoms with Crippen LogP contribution < -0.4 is 10.5 Å². The molecule has 0 radical (unpaired) electrons. The summed E-state index contributed by atoms with van der Waals surface area (Å²) in [6, 6.07) is 1.06. The molecule has 1 aromatic rings. The molecule has 0 atom stereocenters. The number of nitro benzene ring substituents is 1. The van der Waals surface area contributed by atoms with E-state index in [9.17, 15) is 27.7 Å². The smallest absolute Gasteiger partial charge is 0.271 e. The molecule has 10 heteroatoms. The summed E-state index contributed by atoms with van der Waals surface area (Å²) in [6.45, 7) is 0. The Hall–Kier alpha value is -2.07. The maximum absolute atomic E-state index is 14.0. The number of halogens is 1. The van der Waals surface area contributed by atoms with Crippen LogP contribution in [-0.4, -0.2) is 25.3 Å². The number of nitrogens with zero attached hydrogens (tertiary/aromatic N) is 1. The maximum Gasteiger partial charge on any atom is 0.271 e. The van der Waals surface area contributed by atoms with Gasteiger partial charge in [0.2, 0.25) is 10.0 Å². The van der Waals surface area contributed by atoms with E-state index in [0.29, 0.717) is 12.1 Å². The van der Waals surface area contributed by atoms with Gasteiger partial charge in [-0.05, 0) is 12.8 Å². The highest BCUT2D eigenvalue weighted by atomic mass is 32.2. The summed E-state index contributed by atoms with van der Waals surface area (Å²) in [5.74, 6) is -2.30. The van der Waals surface area contributed by atoms with Gasteiger partial charge in [-0.3, -0.25) is 14.9 Å². The van der Waals surface area contributed by atoms with Crippen molar-refractivity contribution in [3.8, 4) is 0 Å². The highest BCUT2D eigenvalue weighted by Gasteiger charge is 2.29. The van der Waals surface area contributed by atoms with Crippen LogP contribution in [0.3, 0.4) is 0 Å². The Morgan fingerprint density at radius 2 is 2.05 bits per heavy atom. The van der Waals surface area contributed by atoms with Crippen LogP contribution in [0.15, 0.2) is 17.0 Å². The number of non-ortho nitro benzene ring substituents is 1. The van der Waals surface area contributed by atoms with Gasteiger partial charge in [-0.15, -0.1) is 0 Å². The quantitative estimate of drug-likeness (QED) is 0.608. The SMILES string of the molecule is NS(=O)(=O)c1cc([N+](=O)[O-])cc(C(=O)NC2CC2)c1F. The summed E-state index contributed by atoms with van der Waals surface area (Å²) in [7, 11) is -4.52. The van der Waals surface area contributed by atoms with E-state index in [1.54, 1.807) is 0 Å². The molecule has 20 heavy (non-hydrogen) atoms. The van der Waals surface area contributed by atoms with Crippen LogP contribution in [0.1, 0.15) is 23.2 Å². The van der Waals surface area contributed by atoms with Gasteiger partial charge in [0.1, 0.15) is 4.90 Å². The molecule has 1 fully saturated rings. The van der Waals surface area contributed by atoms with Crippen molar-refractivity contribution in [3.05, 3.63) is 33.6 Å². The number of carbonyl (C=O) groups is 1. The van der Waals surface area contributed by atoms with Crippen LogP contribution in [-0.2, 0) is 10.0 Å². The zero-order chi connectivity index (χ0) is 15.1. The fourth-order valence-corrected chi connectivity index (χ4v) is 2.20. The molecule has 0 unspecified atom stereocenters. The van der Waals surface area contributed by atoms with Crippen LogP contribution >= 0.6 is 0 Å². The average molecular weight is 303 g/mol. The Kier molecular flexibility index (Phi) is 3.44. The Labute approximate surface area is 113 Å². The average Bonchev–Trinajstić information content (AvgIpc) is 3.11. The van der Waals surface area contributed by atoms with Gasteiger partial charge in [0.05, 0.1) is 10.5 Å². The number of primary sulfonamides is 1. The van der Waals surface area contributed by atoms with Gasteiger partial charge in [-0.25, -0.2) is 17.9 Å². The lowest BCUT2D eigenvalue weighted by Gasteiger charge is -2.07. The van der Waals surface area contributed by atoms with E-state index in [4.69, 9.17) is 5.14 Å². The number of nitro groups is 1. The monoisotopic (exact) mass is 303 g/mol. The predicted molar refractivity (Wildman–Crippen MR) is 64.9 cm³/mol. The molecule has 2 rings (SSSR count). The molecule has 0 spiro atoms. The first-order valence-electron chi connectivity index (χ1n) is 5.51. The molecule has 0 heterocycles. The standard InChI is InChI=1S/C10H10FN3O5S/c11-9-7(10(15)13-5-1-2-5)3-6(14(16)17)4-8(9)20(12,18)19/h3-5H,1-2H2,(H,13,15)(H2,12,18,19). The lowest BCUT2D eigenvalue weighted by molar-refractivity contribution is -0.385. The van der Waals surface area contributed by atoms with Crippen molar-refractivity contribution in [2.45, 2.75) is 23.8 Å². The first-order chi connectivity index (χ1) is 9.20. The second-order valence-electron chi connectivity index (χ2n) is 4.36. The molecule has 8 nitrogen and oxygen atoms in total. The van der Waals surface area contributed by atoms with E-state index in [-0.39, 0.29) is 6.04 Å². The topological polar surface area (TPSA) is 132 Å². The van der Waals surface area contributed by atoms with E-state index >= 15 is 0 Å². The third-order valence-corrected chi connectivity index (χ3v) is 3.61. The third kappa shape index (κ3) is 2.91. The van der Waals surface area contributed by atoms with Crippen LogP contribution in [0.25, 0.3) is 0 Å². The van der Waals surface area contributed by atoms with Crippen molar-refractivity contribution in [2.24, 2.45) is 5.14 Å². The van der Waals surface area contributed by atoms with E-state index in [1.807, 2.05) is 0 Å². The lowest BCUT2D eigenvalue weighted by atomic mass is 10.1. The van der Waals surface area contributed by atoms with Crippen molar-refractivity contribution in [1.82, 2.24) is 5.32 Å². The van der Waals surface area contributed by atoms with Crippen LogP contribution in [0.2, 0.25) is 0 Å². The number of carbonyl (C=O) groups excluding carboxylic acids is 1. The summed E-state index contributed by atoms with van der Waals surface area (Å²) in [4.78, 5) is 20.5. The number of sulfonamides is 1. The van der Waals surface area contributed by atoms with Gasteiger partial charge in [0, 0.05) is 18.2 Å². The molecular formula is C10H10FN3O5S. The Morgan fingerprint density at radius 1 is 1.45 bits per heavy atom. The Bertz CT molecular complexity index is 699. The highest BCUT2D eigenvalue weighted by Crippen LogP contribution is 2.26. The zero-order valence-corrected chi connectivity index (χ0v) is 10.8. The molecule has 0 saturated heterocycles. The number of benzene rings is 1. The Morgan fingerprint density at radius 3 is 2.50 bits per heavy atom. The molecule has 1 aromatic carbocycles. The van der Waals surface area contributed by atoms with Gasteiger partial charge in [0.15, 0.2) is 5.82 Å². The lowest BCUT2D eigenvalue weighted by Crippen LogP contribution is -2.27. The van der Waals surface area contributed by atoms with Gasteiger partial charge >= 0.3 is 0 Å². The molecule has 1 saturated carbocycles. The van der Waals surface area contributed by atoms with Crippen molar-refractivity contribution in [3.63, 3.8) is 0 Å². The third-order valence-electron chi connectivity index (χ3n) is 2.70. The van der Waals surface area contributed by atoms with Crippen LogP contribution in [0, 0.1) is 15.9 Å². The maximum atomic E-state index is 14.0. The van der Waals surface area contributed by atoms with Crippen molar-refractivity contribution in [2.75, 3.05) is 0 Å². The minimum absolute atomic E-state index is 0.112. The summed E-state index contributed by atoms with van der Waals surface area (Å²) < 4.78 is 36.4. The number of hydrogen-bond acceptors (Lipinski definition) is 5. The van der Waals surface area contributed by atoms with Gasteiger partial charge in [0.25, 0.3) is 11.6 Å². The minimum Gasteiger partial charge on any atom is -0.349 e.